The topological polar surface area (TPSA) is 131 Å². The number of phenols is 1. The van der Waals surface area contributed by atoms with Gasteiger partial charge < -0.3 is 19.4 Å². The molecule has 166 valence electrons. The molecule has 0 fully saturated rings. The molecule has 0 radical (unpaired) electrons. The van der Waals surface area contributed by atoms with Gasteiger partial charge in [-0.25, -0.2) is 15.2 Å². The molecular formula is C20H24N4O6S. The number of carbonyl (C=O) groups is 2. The number of esters is 1. The van der Waals surface area contributed by atoms with Crippen LogP contribution in [0.1, 0.15) is 23.2 Å². The lowest BCUT2D eigenvalue weighted by Gasteiger charge is -2.12. The van der Waals surface area contributed by atoms with Gasteiger partial charge in [-0.15, -0.1) is 11.8 Å². The number of hydrogen-bond donors (Lipinski definition) is 3. The van der Waals surface area contributed by atoms with E-state index in [4.69, 9.17) is 0 Å². The average Bonchev–Trinajstić information content (AvgIpc) is 2.76. The second kappa shape index (κ2) is 12.3. The number of ether oxygens (including phenoxy) is 2. The smallest absolute Gasteiger partial charge is 0.425 e. The normalized spacial score (nSPS) is 10.5. The van der Waals surface area contributed by atoms with Crippen LogP contribution < -0.4 is 10.9 Å². The number of amides is 1. The number of aromatic hydroxyl groups is 1. The average molecular weight is 449 g/mol. The predicted molar refractivity (Wildman–Crippen MR) is 116 cm³/mol. The van der Waals surface area contributed by atoms with Crippen molar-refractivity contribution in [2.75, 3.05) is 32.5 Å². The summed E-state index contributed by atoms with van der Waals surface area (Å²) in [7, 11) is 4.02. The van der Waals surface area contributed by atoms with Crippen molar-refractivity contribution >= 4 is 35.7 Å². The Balaban J connectivity index is 2.20. The minimum atomic E-state index is -0.642. The minimum absolute atomic E-state index is 0.0626. The van der Waals surface area contributed by atoms with Crippen LogP contribution in [0, 0.1) is 0 Å². The summed E-state index contributed by atoms with van der Waals surface area (Å²) in [6.45, 7) is 0. The number of benzene rings is 1. The van der Waals surface area contributed by atoms with Crippen molar-refractivity contribution in [3.8, 4) is 5.75 Å². The fourth-order valence-electron chi connectivity index (χ4n) is 2.44. The van der Waals surface area contributed by atoms with Gasteiger partial charge in [-0.3, -0.25) is 10.2 Å². The molecule has 0 unspecified atom stereocenters. The first-order valence-corrected chi connectivity index (χ1v) is 10.1. The van der Waals surface area contributed by atoms with Crippen molar-refractivity contribution in [1.29, 1.82) is 0 Å². The number of phenolic OH excluding ortho intramolecular Hbond substituents is 1. The molecular weight excluding hydrogens is 424 g/mol. The molecule has 0 saturated carbocycles. The summed E-state index contributed by atoms with van der Waals surface area (Å²) in [6.07, 6.45) is 1.44. The summed E-state index contributed by atoms with van der Waals surface area (Å²) < 4.78 is 9.20. The summed E-state index contributed by atoms with van der Waals surface area (Å²) in [4.78, 5) is 31.9. The number of nitrogens with zero attached hydrogens (tertiary/aromatic N) is 2. The summed E-state index contributed by atoms with van der Waals surface area (Å²) in [6, 6.07) is 8.69. The number of thioether (sulfide) groups is 1. The first kappa shape index (κ1) is 23.8. The SMILES string of the molecule is CO/N=C/c1ccc(Cc2cc(NNC(=O)OC)cc(SCCC(=O)OC)n2)cc1O. The van der Waals surface area contributed by atoms with Crippen LogP contribution in [0.5, 0.6) is 5.75 Å². The number of nitrogens with one attached hydrogen (secondary N) is 2. The molecule has 11 heteroatoms. The molecule has 1 heterocycles. The first-order valence-electron chi connectivity index (χ1n) is 9.14. The van der Waals surface area contributed by atoms with Gasteiger partial charge in [-0.05, 0) is 29.8 Å². The fourth-order valence-corrected chi connectivity index (χ4v) is 3.31. The van der Waals surface area contributed by atoms with E-state index in [-0.39, 0.29) is 18.1 Å². The highest BCUT2D eigenvalue weighted by Gasteiger charge is 2.09. The van der Waals surface area contributed by atoms with E-state index in [1.165, 1.54) is 39.3 Å². The molecule has 1 aromatic heterocycles. The minimum Gasteiger partial charge on any atom is -0.507 e. The van der Waals surface area contributed by atoms with E-state index in [0.29, 0.717) is 34.1 Å². The molecule has 2 rings (SSSR count). The van der Waals surface area contributed by atoms with Crippen molar-refractivity contribution in [1.82, 2.24) is 10.4 Å². The Labute approximate surface area is 183 Å². The first-order chi connectivity index (χ1) is 14.9. The highest BCUT2D eigenvalue weighted by atomic mass is 32.2. The number of methoxy groups -OCH3 is 2. The highest BCUT2D eigenvalue weighted by molar-refractivity contribution is 7.99. The van der Waals surface area contributed by atoms with Gasteiger partial charge in [0.25, 0.3) is 0 Å². The van der Waals surface area contributed by atoms with Crippen molar-refractivity contribution in [3.63, 3.8) is 0 Å². The standard InChI is InChI=1S/C20H24N4O6S/c1-28-19(26)6-7-31-18-11-16(23-24-20(27)29-2)10-15(22-18)8-13-4-5-14(12-21-30-3)17(25)9-13/h4-5,9-12,25H,6-8H2,1-3H3,(H,22,23)(H,24,27)/b21-12+. The zero-order valence-corrected chi connectivity index (χ0v) is 18.2. The third-order valence-electron chi connectivity index (χ3n) is 3.91. The van der Waals surface area contributed by atoms with Crippen LogP contribution in [0.25, 0.3) is 0 Å². The maximum Gasteiger partial charge on any atom is 0.425 e. The summed E-state index contributed by atoms with van der Waals surface area (Å²) >= 11 is 1.38. The zero-order valence-electron chi connectivity index (χ0n) is 17.4. The Morgan fingerprint density at radius 1 is 1.19 bits per heavy atom. The number of hydrogen-bond acceptors (Lipinski definition) is 10. The number of pyridine rings is 1. The third kappa shape index (κ3) is 8.05. The Bertz CT molecular complexity index is 938. The molecule has 0 aliphatic carbocycles. The van der Waals surface area contributed by atoms with Gasteiger partial charge in [-0.1, -0.05) is 11.2 Å². The summed E-state index contributed by atoms with van der Waals surface area (Å²) in [5.74, 6) is 0.246. The van der Waals surface area contributed by atoms with Crippen LogP contribution in [0.15, 0.2) is 40.5 Å². The number of rotatable bonds is 10. The molecule has 0 bridgehead atoms. The molecule has 1 amide bonds. The maximum atomic E-state index is 11.4. The fraction of sp³-hybridized carbons (Fsp3) is 0.300. The molecule has 10 nitrogen and oxygen atoms in total. The largest absolute Gasteiger partial charge is 0.507 e. The predicted octanol–water partition coefficient (Wildman–Crippen LogP) is 2.70. The van der Waals surface area contributed by atoms with Crippen LogP contribution in [-0.4, -0.2) is 55.4 Å². The molecule has 3 N–H and O–H groups in total. The quantitative estimate of drug-likeness (QED) is 0.217. The van der Waals surface area contributed by atoms with Crippen LogP contribution in [0.4, 0.5) is 10.5 Å². The van der Waals surface area contributed by atoms with E-state index in [2.05, 4.69) is 35.3 Å². The van der Waals surface area contributed by atoms with Gasteiger partial charge in [0.1, 0.15) is 12.9 Å². The van der Waals surface area contributed by atoms with Crippen molar-refractivity contribution in [2.45, 2.75) is 17.9 Å². The number of anilines is 1. The maximum absolute atomic E-state index is 11.4. The van der Waals surface area contributed by atoms with Crippen molar-refractivity contribution in [3.05, 3.63) is 47.2 Å². The Morgan fingerprint density at radius 3 is 2.68 bits per heavy atom. The number of aromatic nitrogens is 1. The second-order valence-electron chi connectivity index (χ2n) is 6.09. The lowest BCUT2D eigenvalue weighted by atomic mass is 10.1. The van der Waals surface area contributed by atoms with Crippen molar-refractivity contribution in [2.24, 2.45) is 5.16 Å². The van der Waals surface area contributed by atoms with Crippen LogP contribution in [0.2, 0.25) is 0 Å². The second-order valence-corrected chi connectivity index (χ2v) is 7.20. The van der Waals surface area contributed by atoms with Crippen LogP contribution in [-0.2, 0) is 25.5 Å². The van der Waals surface area contributed by atoms with Gasteiger partial charge in [0.05, 0.1) is 37.6 Å². The lowest BCUT2D eigenvalue weighted by molar-refractivity contribution is -0.140. The number of hydrazine groups is 1. The monoisotopic (exact) mass is 448 g/mol. The molecule has 0 aliphatic rings. The van der Waals surface area contributed by atoms with E-state index >= 15 is 0 Å². The summed E-state index contributed by atoms with van der Waals surface area (Å²) in [5, 5.41) is 14.5. The van der Waals surface area contributed by atoms with Gasteiger partial charge >= 0.3 is 12.1 Å². The van der Waals surface area contributed by atoms with Crippen LogP contribution in [0.3, 0.4) is 0 Å². The molecule has 0 atom stereocenters. The number of oxime groups is 1. The van der Waals surface area contributed by atoms with E-state index in [9.17, 15) is 14.7 Å². The van der Waals surface area contributed by atoms with Crippen molar-refractivity contribution < 1.29 is 29.0 Å². The number of carbonyl (C=O) groups excluding carboxylic acids is 2. The van der Waals surface area contributed by atoms with Gasteiger partial charge in [0.15, 0.2) is 0 Å². The van der Waals surface area contributed by atoms with Gasteiger partial charge in [0.2, 0.25) is 0 Å². The van der Waals surface area contributed by atoms with Crippen LogP contribution >= 0.6 is 11.8 Å². The Morgan fingerprint density at radius 2 is 2.00 bits per heavy atom. The highest BCUT2D eigenvalue weighted by Crippen LogP contribution is 2.24. The lowest BCUT2D eigenvalue weighted by Crippen LogP contribution is -2.29. The van der Waals surface area contributed by atoms with E-state index in [1.807, 2.05) is 6.07 Å². The molecule has 0 aliphatic heterocycles. The molecule has 0 saturated heterocycles. The summed E-state index contributed by atoms with van der Waals surface area (Å²) in [5.41, 5.74) is 7.79. The third-order valence-corrected chi connectivity index (χ3v) is 4.82. The van der Waals surface area contributed by atoms with Gasteiger partial charge in [-0.2, -0.15) is 0 Å². The van der Waals surface area contributed by atoms with E-state index < -0.39 is 6.09 Å². The van der Waals surface area contributed by atoms with Gasteiger partial charge in [0, 0.05) is 23.4 Å². The molecule has 2 aromatic rings. The Hall–Kier alpha value is -3.47. The zero-order chi connectivity index (χ0) is 22.6. The molecule has 31 heavy (non-hydrogen) atoms. The molecule has 0 spiro atoms. The Kier molecular flexibility index (Phi) is 9.43. The van der Waals surface area contributed by atoms with E-state index in [1.54, 1.807) is 24.3 Å². The molecule has 1 aromatic carbocycles. The van der Waals surface area contributed by atoms with E-state index in [0.717, 1.165) is 5.56 Å².